The molecule has 0 saturated carbocycles. The summed E-state index contributed by atoms with van der Waals surface area (Å²) in [6, 6.07) is 11.0. The van der Waals surface area contributed by atoms with Crippen LogP contribution in [0.25, 0.3) is 0 Å². The summed E-state index contributed by atoms with van der Waals surface area (Å²) < 4.78 is 5.40. The quantitative estimate of drug-likeness (QED) is 0.795. The number of aliphatic hydroxyl groups is 1. The second-order valence-electron chi connectivity index (χ2n) is 5.65. The molecule has 1 aromatic carbocycles. The molecular weight excluding hydrogens is 280 g/mol. The third-order valence-electron chi connectivity index (χ3n) is 3.57. The maximum absolute atomic E-state index is 11.8. The molecular formula is C17H22N2O3. The van der Waals surface area contributed by atoms with Gasteiger partial charge in [-0.25, -0.2) is 4.79 Å². The van der Waals surface area contributed by atoms with Crippen molar-refractivity contribution in [3.05, 3.63) is 59.0 Å². The van der Waals surface area contributed by atoms with Gasteiger partial charge in [0.25, 0.3) is 0 Å². The number of aryl methyl sites for hydroxylation is 2. The summed E-state index contributed by atoms with van der Waals surface area (Å²) in [6.07, 6.45) is 0. The fraction of sp³-hybridized carbons (Fsp3) is 0.353. The van der Waals surface area contributed by atoms with Crippen molar-refractivity contribution < 1.29 is 14.3 Å². The average Bonchev–Trinajstić information content (AvgIpc) is 2.92. The van der Waals surface area contributed by atoms with Crippen LogP contribution in [0.3, 0.4) is 0 Å². The molecule has 0 fully saturated rings. The van der Waals surface area contributed by atoms with E-state index < -0.39 is 5.60 Å². The molecule has 118 valence electrons. The molecule has 0 radical (unpaired) electrons. The largest absolute Gasteiger partial charge is 0.463 e. The van der Waals surface area contributed by atoms with Crippen molar-refractivity contribution in [2.75, 3.05) is 6.54 Å². The van der Waals surface area contributed by atoms with Gasteiger partial charge in [0.15, 0.2) is 0 Å². The summed E-state index contributed by atoms with van der Waals surface area (Å²) in [5.74, 6) is 1.16. The minimum absolute atomic E-state index is 0.0690. The van der Waals surface area contributed by atoms with E-state index in [1.807, 2.05) is 38.1 Å². The van der Waals surface area contributed by atoms with Crippen LogP contribution >= 0.6 is 0 Å². The smallest absolute Gasteiger partial charge is 0.315 e. The fourth-order valence-corrected chi connectivity index (χ4v) is 2.11. The minimum atomic E-state index is -1.24. The van der Waals surface area contributed by atoms with E-state index >= 15 is 0 Å². The van der Waals surface area contributed by atoms with Crippen LogP contribution in [0.1, 0.15) is 29.6 Å². The van der Waals surface area contributed by atoms with Crippen LogP contribution < -0.4 is 10.6 Å². The van der Waals surface area contributed by atoms with Gasteiger partial charge < -0.3 is 20.2 Å². The molecule has 3 N–H and O–H groups in total. The summed E-state index contributed by atoms with van der Waals surface area (Å²) in [5.41, 5.74) is 0.945. The van der Waals surface area contributed by atoms with E-state index in [1.54, 1.807) is 19.1 Å². The van der Waals surface area contributed by atoms with Crippen molar-refractivity contribution >= 4 is 6.03 Å². The predicted molar refractivity (Wildman–Crippen MR) is 84.4 cm³/mol. The topological polar surface area (TPSA) is 74.5 Å². The minimum Gasteiger partial charge on any atom is -0.463 e. The highest BCUT2D eigenvalue weighted by atomic mass is 16.4. The first-order valence-corrected chi connectivity index (χ1v) is 7.24. The second kappa shape index (κ2) is 6.66. The lowest BCUT2D eigenvalue weighted by atomic mass is 10.0. The van der Waals surface area contributed by atoms with Gasteiger partial charge in [-0.1, -0.05) is 24.3 Å². The molecule has 2 amide bonds. The van der Waals surface area contributed by atoms with Crippen molar-refractivity contribution in [3.63, 3.8) is 0 Å². The summed E-state index contributed by atoms with van der Waals surface area (Å²) in [5, 5.41) is 15.8. The highest BCUT2D eigenvalue weighted by molar-refractivity contribution is 5.73. The number of urea groups is 1. The Labute approximate surface area is 130 Å². The standard InChI is InChI=1S/C17H22N2O3/c1-12-6-4-5-7-14(12)10-18-16(20)19-11-17(3,21)15-9-8-13(2)22-15/h4-9,21H,10-11H2,1-3H3,(H2,18,19,20). The van der Waals surface area contributed by atoms with Crippen molar-refractivity contribution in [3.8, 4) is 0 Å². The first-order chi connectivity index (χ1) is 10.4. The molecule has 2 rings (SSSR count). The predicted octanol–water partition coefficient (Wildman–Crippen LogP) is 2.60. The molecule has 1 atom stereocenters. The summed E-state index contributed by atoms with van der Waals surface area (Å²) in [7, 11) is 0. The van der Waals surface area contributed by atoms with Gasteiger partial charge in [-0.2, -0.15) is 0 Å². The number of carbonyl (C=O) groups excluding carboxylic acids is 1. The molecule has 0 bridgehead atoms. The Kier molecular flexibility index (Phi) is 4.88. The Morgan fingerprint density at radius 2 is 1.91 bits per heavy atom. The molecule has 1 aromatic heterocycles. The Morgan fingerprint density at radius 3 is 2.55 bits per heavy atom. The van der Waals surface area contributed by atoms with Crippen molar-refractivity contribution in [2.45, 2.75) is 32.9 Å². The van der Waals surface area contributed by atoms with Gasteiger partial charge in [-0.05, 0) is 44.0 Å². The monoisotopic (exact) mass is 302 g/mol. The number of furan rings is 1. The molecule has 0 saturated heterocycles. The average molecular weight is 302 g/mol. The lowest BCUT2D eigenvalue weighted by Crippen LogP contribution is -2.43. The van der Waals surface area contributed by atoms with Crippen LogP contribution in [0, 0.1) is 13.8 Å². The van der Waals surface area contributed by atoms with Crippen LogP contribution in [-0.2, 0) is 12.1 Å². The molecule has 5 heteroatoms. The first kappa shape index (κ1) is 16.1. The number of benzene rings is 1. The summed E-state index contributed by atoms with van der Waals surface area (Å²) in [6.45, 7) is 5.92. The van der Waals surface area contributed by atoms with E-state index in [-0.39, 0.29) is 12.6 Å². The van der Waals surface area contributed by atoms with Gasteiger partial charge in [-0.3, -0.25) is 0 Å². The lowest BCUT2D eigenvalue weighted by molar-refractivity contribution is 0.0359. The Balaban J connectivity index is 1.84. The third-order valence-corrected chi connectivity index (χ3v) is 3.57. The molecule has 1 heterocycles. The molecule has 0 aliphatic heterocycles. The van der Waals surface area contributed by atoms with E-state index in [1.165, 1.54) is 0 Å². The van der Waals surface area contributed by atoms with Gasteiger partial charge in [0.1, 0.15) is 17.1 Å². The van der Waals surface area contributed by atoms with Crippen LogP contribution in [0.5, 0.6) is 0 Å². The molecule has 0 aliphatic carbocycles. The van der Waals surface area contributed by atoms with E-state index in [2.05, 4.69) is 10.6 Å². The third kappa shape index (κ3) is 4.11. The van der Waals surface area contributed by atoms with Gasteiger partial charge in [0, 0.05) is 6.54 Å². The SMILES string of the molecule is Cc1ccc(C(C)(O)CNC(=O)NCc2ccccc2C)o1. The van der Waals surface area contributed by atoms with Crippen molar-refractivity contribution in [1.82, 2.24) is 10.6 Å². The molecule has 2 aromatic rings. The Morgan fingerprint density at radius 1 is 1.18 bits per heavy atom. The highest BCUT2D eigenvalue weighted by Crippen LogP contribution is 2.21. The summed E-state index contributed by atoms with van der Waals surface area (Å²) in [4.78, 5) is 11.8. The lowest BCUT2D eigenvalue weighted by Gasteiger charge is -2.21. The highest BCUT2D eigenvalue weighted by Gasteiger charge is 2.27. The Hall–Kier alpha value is -2.27. The van der Waals surface area contributed by atoms with Crippen LogP contribution in [-0.4, -0.2) is 17.7 Å². The maximum Gasteiger partial charge on any atom is 0.315 e. The van der Waals surface area contributed by atoms with E-state index in [4.69, 9.17) is 4.42 Å². The fourth-order valence-electron chi connectivity index (χ4n) is 2.11. The number of hydrogen-bond acceptors (Lipinski definition) is 3. The van der Waals surface area contributed by atoms with E-state index in [0.717, 1.165) is 16.9 Å². The first-order valence-electron chi connectivity index (χ1n) is 7.24. The number of rotatable bonds is 5. The molecule has 0 aliphatic rings. The number of carbonyl (C=O) groups is 1. The second-order valence-corrected chi connectivity index (χ2v) is 5.65. The van der Waals surface area contributed by atoms with Crippen molar-refractivity contribution in [1.29, 1.82) is 0 Å². The molecule has 0 spiro atoms. The molecule has 22 heavy (non-hydrogen) atoms. The zero-order valence-corrected chi connectivity index (χ0v) is 13.1. The van der Waals surface area contributed by atoms with Crippen LogP contribution in [0.4, 0.5) is 4.79 Å². The van der Waals surface area contributed by atoms with Crippen LogP contribution in [0.15, 0.2) is 40.8 Å². The molecule has 1 unspecified atom stereocenters. The van der Waals surface area contributed by atoms with Crippen molar-refractivity contribution in [2.24, 2.45) is 0 Å². The van der Waals surface area contributed by atoms with E-state index in [9.17, 15) is 9.90 Å². The Bertz CT molecular complexity index is 647. The molecule has 5 nitrogen and oxygen atoms in total. The van der Waals surface area contributed by atoms with Gasteiger partial charge >= 0.3 is 6.03 Å². The van der Waals surface area contributed by atoms with Gasteiger partial charge in [0.05, 0.1) is 6.54 Å². The van der Waals surface area contributed by atoms with E-state index in [0.29, 0.717) is 12.3 Å². The number of nitrogens with one attached hydrogen (secondary N) is 2. The van der Waals surface area contributed by atoms with Crippen LogP contribution in [0.2, 0.25) is 0 Å². The summed E-state index contributed by atoms with van der Waals surface area (Å²) >= 11 is 0. The zero-order chi connectivity index (χ0) is 16.2. The number of amides is 2. The number of hydrogen-bond donors (Lipinski definition) is 3. The zero-order valence-electron chi connectivity index (χ0n) is 13.1. The van der Waals surface area contributed by atoms with Gasteiger partial charge in [-0.15, -0.1) is 0 Å². The maximum atomic E-state index is 11.8. The normalized spacial score (nSPS) is 13.5. The van der Waals surface area contributed by atoms with Gasteiger partial charge in [0.2, 0.25) is 0 Å².